The molecule has 6 heteroatoms. The van der Waals surface area contributed by atoms with Crippen LogP contribution in [0.1, 0.15) is 41.8 Å². The standard InChI is InChI=1S/C21H28N4OS/c1-16(19-9-6-14-27-19)24-21(22-2)23-12-5-10-20(26)25-13-11-17-7-3-4-8-18(17)15-25/h3-4,6-9,14,16H,5,10-13,15H2,1-2H3,(H2,22,23,24). The van der Waals surface area contributed by atoms with Crippen molar-refractivity contribution in [3.05, 3.63) is 57.8 Å². The number of thiophene rings is 1. The highest BCUT2D eigenvalue weighted by Gasteiger charge is 2.19. The Hall–Kier alpha value is -2.34. The first-order chi connectivity index (χ1) is 13.2. The Morgan fingerprint density at radius 2 is 2.07 bits per heavy atom. The number of carbonyl (C=O) groups excluding carboxylic acids is 1. The number of nitrogens with one attached hydrogen (secondary N) is 2. The first-order valence-corrected chi connectivity index (χ1v) is 10.4. The lowest BCUT2D eigenvalue weighted by atomic mass is 9.99. The minimum Gasteiger partial charge on any atom is -0.356 e. The molecule has 27 heavy (non-hydrogen) atoms. The van der Waals surface area contributed by atoms with Crippen molar-refractivity contribution in [1.29, 1.82) is 0 Å². The lowest BCUT2D eigenvalue weighted by molar-refractivity contribution is -0.132. The SMILES string of the molecule is CN=C(NCCCC(=O)N1CCc2ccccc2C1)NC(C)c1cccs1. The number of aliphatic imine (C=N–C) groups is 1. The largest absolute Gasteiger partial charge is 0.356 e. The number of hydrogen-bond acceptors (Lipinski definition) is 3. The Morgan fingerprint density at radius 1 is 1.26 bits per heavy atom. The lowest BCUT2D eigenvalue weighted by Crippen LogP contribution is -2.39. The van der Waals surface area contributed by atoms with Gasteiger partial charge < -0.3 is 15.5 Å². The third-order valence-corrected chi connectivity index (χ3v) is 5.95. The predicted molar refractivity (Wildman–Crippen MR) is 112 cm³/mol. The van der Waals surface area contributed by atoms with Crippen molar-refractivity contribution in [1.82, 2.24) is 15.5 Å². The van der Waals surface area contributed by atoms with Crippen molar-refractivity contribution >= 4 is 23.2 Å². The van der Waals surface area contributed by atoms with Crippen molar-refractivity contribution in [2.24, 2.45) is 4.99 Å². The summed E-state index contributed by atoms with van der Waals surface area (Å²) >= 11 is 1.73. The van der Waals surface area contributed by atoms with Crippen LogP contribution in [0.4, 0.5) is 0 Å². The van der Waals surface area contributed by atoms with Crippen LogP contribution >= 0.6 is 11.3 Å². The van der Waals surface area contributed by atoms with Gasteiger partial charge in [-0.25, -0.2) is 0 Å². The Morgan fingerprint density at radius 3 is 2.81 bits per heavy atom. The average Bonchev–Trinajstić information content (AvgIpc) is 3.24. The second kappa shape index (κ2) is 9.55. The number of fused-ring (bicyclic) bond motifs is 1. The predicted octanol–water partition coefficient (Wildman–Crippen LogP) is 3.34. The van der Waals surface area contributed by atoms with Crippen LogP contribution in [-0.2, 0) is 17.8 Å². The Balaban J connectivity index is 1.38. The molecule has 2 N–H and O–H groups in total. The molecule has 1 aromatic heterocycles. The maximum atomic E-state index is 12.5. The zero-order valence-corrected chi connectivity index (χ0v) is 16.9. The summed E-state index contributed by atoms with van der Waals surface area (Å²) in [5.41, 5.74) is 2.65. The normalized spacial score (nSPS) is 15.2. The van der Waals surface area contributed by atoms with Crippen LogP contribution < -0.4 is 10.6 Å². The van der Waals surface area contributed by atoms with E-state index >= 15 is 0 Å². The molecule has 5 nitrogen and oxygen atoms in total. The second-order valence-corrected chi connectivity index (χ2v) is 7.80. The minimum atomic E-state index is 0.214. The maximum Gasteiger partial charge on any atom is 0.222 e. The summed E-state index contributed by atoms with van der Waals surface area (Å²) in [5.74, 6) is 1.01. The molecular formula is C21H28N4OS. The van der Waals surface area contributed by atoms with E-state index in [0.717, 1.165) is 38.4 Å². The zero-order valence-electron chi connectivity index (χ0n) is 16.1. The quantitative estimate of drug-likeness (QED) is 0.456. The summed E-state index contributed by atoms with van der Waals surface area (Å²) in [6, 6.07) is 12.8. The number of rotatable bonds is 6. The first-order valence-electron chi connectivity index (χ1n) is 9.52. The molecule has 1 unspecified atom stereocenters. The number of carbonyl (C=O) groups is 1. The van der Waals surface area contributed by atoms with Crippen molar-refractivity contribution in [2.75, 3.05) is 20.1 Å². The van der Waals surface area contributed by atoms with Gasteiger partial charge in [-0.3, -0.25) is 9.79 Å². The minimum absolute atomic E-state index is 0.214. The van der Waals surface area contributed by atoms with Crippen molar-refractivity contribution in [3.63, 3.8) is 0 Å². The van der Waals surface area contributed by atoms with Gasteiger partial charge in [0.15, 0.2) is 5.96 Å². The van der Waals surface area contributed by atoms with Crippen molar-refractivity contribution in [2.45, 2.75) is 38.8 Å². The Kier molecular flexibility index (Phi) is 6.87. The van der Waals surface area contributed by atoms with Gasteiger partial charge in [0.05, 0.1) is 6.04 Å². The fraction of sp³-hybridized carbons (Fsp3) is 0.429. The number of amides is 1. The van der Waals surface area contributed by atoms with Crippen LogP contribution in [0.25, 0.3) is 0 Å². The van der Waals surface area contributed by atoms with E-state index < -0.39 is 0 Å². The summed E-state index contributed by atoms with van der Waals surface area (Å²) in [5, 5.41) is 8.77. The fourth-order valence-electron chi connectivity index (χ4n) is 3.32. The van der Waals surface area contributed by atoms with Gasteiger partial charge in [-0.15, -0.1) is 11.3 Å². The van der Waals surface area contributed by atoms with Crippen LogP contribution in [0.3, 0.4) is 0 Å². The van der Waals surface area contributed by atoms with E-state index in [0.29, 0.717) is 6.42 Å². The highest BCUT2D eigenvalue weighted by molar-refractivity contribution is 7.10. The molecule has 2 heterocycles. The highest BCUT2D eigenvalue weighted by atomic mass is 32.1. The van der Waals surface area contributed by atoms with E-state index in [-0.39, 0.29) is 11.9 Å². The fourth-order valence-corrected chi connectivity index (χ4v) is 4.06. The average molecular weight is 385 g/mol. The third kappa shape index (κ3) is 5.32. The molecule has 0 aliphatic carbocycles. The van der Waals surface area contributed by atoms with Gasteiger partial charge >= 0.3 is 0 Å². The van der Waals surface area contributed by atoms with Crippen LogP contribution in [0, 0.1) is 0 Å². The van der Waals surface area contributed by atoms with E-state index in [1.165, 1.54) is 16.0 Å². The van der Waals surface area contributed by atoms with E-state index in [4.69, 9.17) is 0 Å². The molecule has 0 bridgehead atoms. The summed E-state index contributed by atoms with van der Waals surface area (Å²) in [7, 11) is 1.77. The Labute approximate surface area is 165 Å². The molecule has 0 saturated carbocycles. The van der Waals surface area contributed by atoms with Crippen molar-refractivity contribution in [3.8, 4) is 0 Å². The molecule has 0 saturated heterocycles. The van der Waals surface area contributed by atoms with Gasteiger partial charge in [-0.2, -0.15) is 0 Å². The third-order valence-electron chi connectivity index (χ3n) is 4.89. The number of hydrogen-bond donors (Lipinski definition) is 2. The molecule has 0 radical (unpaired) electrons. The van der Waals surface area contributed by atoms with Gasteiger partial charge in [0.2, 0.25) is 5.91 Å². The topological polar surface area (TPSA) is 56.7 Å². The number of nitrogens with zero attached hydrogens (tertiary/aromatic N) is 2. The van der Waals surface area contributed by atoms with E-state index in [9.17, 15) is 4.79 Å². The molecule has 2 aromatic rings. The Bertz CT molecular complexity index is 772. The summed E-state index contributed by atoms with van der Waals surface area (Å²) in [4.78, 5) is 20.0. The van der Waals surface area contributed by atoms with E-state index in [1.54, 1.807) is 18.4 Å². The van der Waals surface area contributed by atoms with Crippen LogP contribution in [0.2, 0.25) is 0 Å². The smallest absolute Gasteiger partial charge is 0.222 e. The van der Waals surface area contributed by atoms with Crippen LogP contribution in [0.15, 0.2) is 46.8 Å². The van der Waals surface area contributed by atoms with Crippen molar-refractivity contribution < 1.29 is 4.79 Å². The summed E-state index contributed by atoms with van der Waals surface area (Å²) in [6.07, 6.45) is 2.31. The van der Waals surface area contributed by atoms with Gasteiger partial charge in [-0.05, 0) is 42.3 Å². The van der Waals surface area contributed by atoms with E-state index in [2.05, 4.69) is 58.3 Å². The molecule has 1 aromatic carbocycles. The summed E-state index contributed by atoms with van der Waals surface area (Å²) in [6.45, 7) is 4.41. The monoisotopic (exact) mass is 384 g/mol. The van der Waals surface area contributed by atoms with E-state index in [1.807, 2.05) is 11.0 Å². The molecule has 1 aliphatic heterocycles. The second-order valence-electron chi connectivity index (χ2n) is 6.82. The molecule has 3 rings (SSSR count). The lowest BCUT2D eigenvalue weighted by Gasteiger charge is -2.29. The van der Waals surface area contributed by atoms with Gasteiger partial charge in [0.1, 0.15) is 0 Å². The van der Waals surface area contributed by atoms with Gasteiger partial charge in [-0.1, -0.05) is 30.3 Å². The molecular weight excluding hydrogens is 356 g/mol. The molecule has 1 atom stereocenters. The van der Waals surface area contributed by atoms with Gasteiger partial charge in [0, 0.05) is 38.0 Å². The molecule has 0 spiro atoms. The molecule has 144 valence electrons. The highest BCUT2D eigenvalue weighted by Crippen LogP contribution is 2.19. The number of guanidine groups is 1. The molecule has 1 amide bonds. The molecule has 0 fully saturated rings. The summed E-state index contributed by atoms with van der Waals surface area (Å²) < 4.78 is 0. The van der Waals surface area contributed by atoms with Crippen LogP contribution in [0.5, 0.6) is 0 Å². The maximum absolute atomic E-state index is 12.5. The van der Waals surface area contributed by atoms with Gasteiger partial charge in [0.25, 0.3) is 0 Å². The number of benzene rings is 1. The van der Waals surface area contributed by atoms with Crippen LogP contribution in [-0.4, -0.2) is 36.9 Å². The first kappa shape index (κ1) is 19.4. The molecule has 1 aliphatic rings. The zero-order chi connectivity index (χ0) is 19.1.